The fourth-order valence-corrected chi connectivity index (χ4v) is 3.13. The van der Waals surface area contributed by atoms with Crippen LogP contribution in [0.5, 0.6) is 0 Å². The molecule has 1 aliphatic carbocycles. The third kappa shape index (κ3) is 2.66. The Balaban J connectivity index is 2.00. The maximum absolute atomic E-state index is 2.45. The van der Waals surface area contributed by atoms with E-state index in [-0.39, 0.29) is 0 Å². The number of benzene rings is 1. The fraction of sp³-hybridized carbons (Fsp3) is 0.625. The lowest BCUT2D eigenvalue weighted by Gasteiger charge is -2.32. The van der Waals surface area contributed by atoms with Crippen LogP contribution in [-0.2, 0) is 0 Å². The van der Waals surface area contributed by atoms with E-state index in [2.05, 4.69) is 44.2 Å². The molecule has 1 aromatic carbocycles. The largest absolute Gasteiger partial charge is 0.0622 e. The van der Waals surface area contributed by atoms with Crippen LogP contribution in [-0.4, -0.2) is 0 Å². The number of rotatable bonds is 3. The van der Waals surface area contributed by atoms with Crippen LogP contribution in [0.4, 0.5) is 0 Å². The minimum absolute atomic E-state index is 0.712. The number of hydrogen-bond donors (Lipinski definition) is 0. The molecule has 0 saturated heterocycles. The highest BCUT2D eigenvalue weighted by atomic mass is 14.3. The van der Waals surface area contributed by atoms with E-state index in [1.165, 1.54) is 37.7 Å². The summed E-state index contributed by atoms with van der Waals surface area (Å²) in [5.41, 5.74) is 1.51. The van der Waals surface area contributed by atoms with E-state index in [4.69, 9.17) is 0 Å². The molecule has 0 radical (unpaired) electrons. The molecule has 2 rings (SSSR count). The van der Waals surface area contributed by atoms with Gasteiger partial charge in [-0.05, 0) is 23.3 Å². The summed E-state index contributed by atoms with van der Waals surface area (Å²) >= 11 is 0. The summed E-state index contributed by atoms with van der Waals surface area (Å²) in [7, 11) is 0. The third-order valence-electron chi connectivity index (χ3n) is 4.51. The highest BCUT2D eigenvalue weighted by molar-refractivity contribution is 5.19. The van der Waals surface area contributed by atoms with Crippen LogP contribution in [0.2, 0.25) is 0 Å². The first-order chi connectivity index (χ1) is 7.79. The van der Waals surface area contributed by atoms with Gasteiger partial charge in [-0.25, -0.2) is 0 Å². The Bertz CT molecular complexity index is 295. The smallest absolute Gasteiger partial charge is 0.0162 e. The Hall–Kier alpha value is -0.780. The molecule has 0 nitrogen and oxygen atoms in total. The predicted molar refractivity (Wildman–Crippen MR) is 70.6 cm³/mol. The Morgan fingerprint density at radius 2 is 1.56 bits per heavy atom. The zero-order valence-electron chi connectivity index (χ0n) is 10.7. The van der Waals surface area contributed by atoms with Crippen molar-refractivity contribution >= 4 is 0 Å². The average Bonchev–Trinajstić information content (AvgIpc) is 2.39. The summed E-state index contributed by atoms with van der Waals surface area (Å²) in [6.07, 6.45) is 7.28. The molecule has 1 aliphatic rings. The topological polar surface area (TPSA) is 0 Å². The van der Waals surface area contributed by atoms with E-state index >= 15 is 0 Å². The van der Waals surface area contributed by atoms with Gasteiger partial charge in [-0.15, -0.1) is 0 Å². The molecule has 2 atom stereocenters. The van der Waals surface area contributed by atoms with Crippen molar-refractivity contribution in [1.82, 2.24) is 0 Å². The monoisotopic (exact) mass is 216 g/mol. The van der Waals surface area contributed by atoms with Crippen molar-refractivity contribution < 1.29 is 0 Å². The SMILES string of the molecule is CC(c1ccccc1)C(C)C1CCCCC1. The molecule has 1 saturated carbocycles. The second-order valence-electron chi connectivity index (χ2n) is 5.46. The average molecular weight is 216 g/mol. The van der Waals surface area contributed by atoms with Gasteiger partial charge in [0.15, 0.2) is 0 Å². The summed E-state index contributed by atoms with van der Waals surface area (Å²) in [6, 6.07) is 11.0. The summed E-state index contributed by atoms with van der Waals surface area (Å²) < 4.78 is 0. The maximum atomic E-state index is 2.45. The van der Waals surface area contributed by atoms with Gasteiger partial charge in [0.2, 0.25) is 0 Å². The molecule has 0 amide bonds. The zero-order valence-corrected chi connectivity index (χ0v) is 10.7. The van der Waals surface area contributed by atoms with E-state index in [0.29, 0.717) is 5.92 Å². The summed E-state index contributed by atoms with van der Waals surface area (Å²) in [5, 5.41) is 0. The van der Waals surface area contributed by atoms with E-state index < -0.39 is 0 Å². The molecule has 0 bridgehead atoms. The molecule has 2 unspecified atom stereocenters. The molecule has 88 valence electrons. The highest BCUT2D eigenvalue weighted by Gasteiger charge is 2.24. The van der Waals surface area contributed by atoms with Gasteiger partial charge < -0.3 is 0 Å². The maximum Gasteiger partial charge on any atom is -0.0162 e. The molecule has 0 spiro atoms. The minimum Gasteiger partial charge on any atom is -0.0622 e. The molecule has 16 heavy (non-hydrogen) atoms. The lowest BCUT2D eigenvalue weighted by molar-refractivity contribution is 0.238. The first-order valence-corrected chi connectivity index (χ1v) is 6.84. The first-order valence-electron chi connectivity index (χ1n) is 6.84. The molecule has 1 fully saturated rings. The molecule has 0 aliphatic heterocycles. The van der Waals surface area contributed by atoms with E-state index in [0.717, 1.165) is 11.8 Å². The third-order valence-corrected chi connectivity index (χ3v) is 4.51. The molecule has 0 aromatic heterocycles. The van der Waals surface area contributed by atoms with Gasteiger partial charge in [-0.2, -0.15) is 0 Å². The van der Waals surface area contributed by atoms with Gasteiger partial charge in [0, 0.05) is 0 Å². The van der Waals surface area contributed by atoms with Crippen molar-refractivity contribution in [3.63, 3.8) is 0 Å². The fourth-order valence-electron chi connectivity index (χ4n) is 3.13. The lowest BCUT2D eigenvalue weighted by atomic mass is 9.74. The van der Waals surface area contributed by atoms with Gasteiger partial charge >= 0.3 is 0 Å². The molecule has 0 heterocycles. The van der Waals surface area contributed by atoms with Crippen LogP contribution in [0, 0.1) is 11.8 Å². The van der Waals surface area contributed by atoms with Crippen LogP contribution >= 0.6 is 0 Å². The van der Waals surface area contributed by atoms with Crippen molar-refractivity contribution in [3.05, 3.63) is 35.9 Å². The summed E-state index contributed by atoms with van der Waals surface area (Å²) in [5.74, 6) is 2.51. The van der Waals surface area contributed by atoms with E-state index in [1.54, 1.807) is 0 Å². The predicted octanol–water partition coefficient (Wildman–Crippen LogP) is 5.01. The zero-order chi connectivity index (χ0) is 11.4. The van der Waals surface area contributed by atoms with Gasteiger partial charge in [-0.3, -0.25) is 0 Å². The Morgan fingerprint density at radius 3 is 2.19 bits per heavy atom. The van der Waals surface area contributed by atoms with Crippen LogP contribution in [0.3, 0.4) is 0 Å². The molecule has 1 aromatic rings. The van der Waals surface area contributed by atoms with Gasteiger partial charge in [0.1, 0.15) is 0 Å². The van der Waals surface area contributed by atoms with Crippen LogP contribution in [0.1, 0.15) is 57.4 Å². The van der Waals surface area contributed by atoms with Crippen molar-refractivity contribution in [3.8, 4) is 0 Å². The quantitative estimate of drug-likeness (QED) is 0.666. The molecule has 0 N–H and O–H groups in total. The first kappa shape index (κ1) is 11.7. The Morgan fingerprint density at radius 1 is 0.938 bits per heavy atom. The van der Waals surface area contributed by atoms with E-state index in [1.807, 2.05) is 0 Å². The minimum atomic E-state index is 0.712. The van der Waals surface area contributed by atoms with Crippen molar-refractivity contribution in [1.29, 1.82) is 0 Å². The Labute approximate surface area is 100 Å². The van der Waals surface area contributed by atoms with Gasteiger partial charge in [-0.1, -0.05) is 76.3 Å². The standard InChI is InChI=1S/C16H24/c1-13(15-9-5-3-6-10-15)14(2)16-11-7-4-8-12-16/h3,5-6,9-10,13-14,16H,4,7-8,11-12H2,1-2H3. The van der Waals surface area contributed by atoms with Gasteiger partial charge in [0.25, 0.3) is 0 Å². The van der Waals surface area contributed by atoms with E-state index in [9.17, 15) is 0 Å². The second kappa shape index (κ2) is 5.52. The van der Waals surface area contributed by atoms with Crippen LogP contribution in [0.15, 0.2) is 30.3 Å². The van der Waals surface area contributed by atoms with Crippen LogP contribution in [0.25, 0.3) is 0 Å². The molecular formula is C16H24. The normalized spacial score (nSPS) is 21.6. The van der Waals surface area contributed by atoms with Gasteiger partial charge in [0.05, 0.1) is 0 Å². The van der Waals surface area contributed by atoms with Crippen molar-refractivity contribution in [2.24, 2.45) is 11.8 Å². The lowest BCUT2D eigenvalue weighted by Crippen LogP contribution is -2.20. The molecule has 0 heteroatoms. The highest BCUT2D eigenvalue weighted by Crippen LogP contribution is 2.37. The van der Waals surface area contributed by atoms with Crippen molar-refractivity contribution in [2.75, 3.05) is 0 Å². The summed E-state index contributed by atoms with van der Waals surface area (Å²) in [4.78, 5) is 0. The van der Waals surface area contributed by atoms with Crippen LogP contribution < -0.4 is 0 Å². The summed E-state index contributed by atoms with van der Waals surface area (Å²) in [6.45, 7) is 4.85. The second-order valence-corrected chi connectivity index (χ2v) is 5.46. The molecular weight excluding hydrogens is 192 g/mol. The Kier molecular flexibility index (Phi) is 4.04. The number of hydrogen-bond acceptors (Lipinski definition) is 0. The van der Waals surface area contributed by atoms with Crippen molar-refractivity contribution in [2.45, 2.75) is 51.9 Å².